The van der Waals surface area contributed by atoms with Gasteiger partial charge in [0.1, 0.15) is 0 Å². The number of hydrogen-bond donors (Lipinski definition) is 1. The lowest BCUT2D eigenvalue weighted by atomic mass is 10.1. The first-order valence-corrected chi connectivity index (χ1v) is 9.08. The van der Waals surface area contributed by atoms with Crippen LogP contribution in [0.1, 0.15) is 34.2 Å². The minimum Gasteiger partial charge on any atom is -0.366 e. The lowest BCUT2D eigenvalue weighted by Gasteiger charge is -2.12. The van der Waals surface area contributed by atoms with Crippen molar-refractivity contribution in [3.8, 4) is 10.4 Å². The zero-order valence-corrected chi connectivity index (χ0v) is 15.2. The van der Waals surface area contributed by atoms with Crippen molar-refractivity contribution in [2.24, 2.45) is 5.73 Å². The van der Waals surface area contributed by atoms with Crippen LogP contribution in [0, 0.1) is 6.92 Å². The van der Waals surface area contributed by atoms with Crippen LogP contribution in [0.15, 0.2) is 41.8 Å². The van der Waals surface area contributed by atoms with Crippen LogP contribution in [0.5, 0.6) is 0 Å². The van der Waals surface area contributed by atoms with Gasteiger partial charge < -0.3 is 10.3 Å². The first kappa shape index (κ1) is 16.8. The fourth-order valence-corrected chi connectivity index (χ4v) is 4.20. The minimum atomic E-state index is -0.379. The van der Waals surface area contributed by atoms with E-state index >= 15 is 0 Å². The molecule has 2 aromatic heterocycles. The average molecular weight is 359 g/mol. The van der Waals surface area contributed by atoms with Gasteiger partial charge in [0.05, 0.1) is 5.56 Å². The maximum atomic E-state index is 12.1. The first-order valence-electron chi connectivity index (χ1n) is 7.83. The molecule has 0 fully saturated rings. The molecule has 2 N–H and O–H groups in total. The van der Waals surface area contributed by atoms with E-state index in [2.05, 4.69) is 11.5 Å². The Morgan fingerprint density at radius 2 is 2.08 bits per heavy atom. The molecule has 3 aromatic rings. The van der Waals surface area contributed by atoms with Crippen molar-refractivity contribution >= 4 is 28.8 Å². The predicted molar refractivity (Wildman–Crippen MR) is 101 cm³/mol. The highest BCUT2D eigenvalue weighted by Crippen LogP contribution is 2.36. The second-order valence-corrected chi connectivity index (χ2v) is 7.08. The summed E-state index contributed by atoms with van der Waals surface area (Å²) < 4.78 is 2.18. The van der Waals surface area contributed by atoms with Crippen molar-refractivity contribution in [3.05, 3.63) is 69.3 Å². The molecule has 0 unspecified atom stereocenters. The van der Waals surface area contributed by atoms with E-state index in [1.807, 2.05) is 48.7 Å². The molecule has 0 aliphatic rings. The molecule has 2 heterocycles. The van der Waals surface area contributed by atoms with E-state index in [9.17, 15) is 4.79 Å². The van der Waals surface area contributed by atoms with Gasteiger partial charge in [0.25, 0.3) is 5.91 Å². The highest BCUT2D eigenvalue weighted by molar-refractivity contribution is 7.13. The fraction of sp³-hybridized carbons (Fsp3) is 0.211. The van der Waals surface area contributed by atoms with Crippen LogP contribution in [0.25, 0.3) is 10.4 Å². The monoisotopic (exact) mass is 358 g/mol. The van der Waals surface area contributed by atoms with Gasteiger partial charge in [0.2, 0.25) is 0 Å². The molecule has 0 aliphatic heterocycles. The molecule has 0 bridgehead atoms. The molecule has 0 saturated carbocycles. The number of halogens is 1. The molecule has 0 saturated heterocycles. The SMILES string of the molecule is CCc1c(-c2cccs2)c(C(N)=O)c(C)n1Cc1cccc(Cl)c1. The molecule has 1 amide bonds. The van der Waals surface area contributed by atoms with Gasteiger partial charge in [-0.2, -0.15) is 0 Å². The van der Waals surface area contributed by atoms with Gasteiger partial charge in [0.15, 0.2) is 0 Å². The summed E-state index contributed by atoms with van der Waals surface area (Å²) in [4.78, 5) is 13.2. The molecule has 3 rings (SSSR count). The smallest absolute Gasteiger partial charge is 0.251 e. The zero-order chi connectivity index (χ0) is 17.3. The number of primary amides is 1. The molecule has 0 atom stereocenters. The fourth-order valence-electron chi connectivity index (χ4n) is 3.18. The zero-order valence-electron chi connectivity index (χ0n) is 13.7. The van der Waals surface area contributed by atoms with Crippen LogP contribution in [-0.2, 0) is 13.0 Å². The maximum absolute atomic E-state index is 12.1. The van der Waals surface area contributed by atoms with E-state index in [1.54, 1.807) is 11.3 Å². The third-order valence-corrected chi connectivity index (χ3v) is 5.33. The number of nitrogens with two attached hydrogens (primary N) is 1. The van der Waals surface area contributed by atoms with E-state index in [4.69, 9.17) is 17.3 Å². The topological polar surface area (TPSA) is 48.0 Å². The summed E-state index contributed by atoms with van der Waals surface area (Å²) in [6.45, 7) is 4.73. The Kier molecular flexibility index (Phi) is 4.78. The third kappa shape index (κ3) is 2.99. The Labute approximate surface area is 150 Å². The molecule has 3 nitrogen and oxygen atoms in total. The Bertz CT molecular complexity index is 881. The number of carbonyl (C=O) groups is 1. The summed E-state index contributed by atoms with van der Waals surface area (Å²) in [6.07, 6.45) is 0.821. The van der Waals surface area contributed by atoms with Crippen LogP contribution in [0.4, 0.5) is 0 Å². The Hall–Kier alpha value is -2.04. The number of nitrogens with zero attached hydrogens (tertiary/aromatic N) is 1. The van der Waals surface area contributed by atoms with Crippen LogP contribution >= 0.6 is 22.9 Å². The lowest BCUT2D eigenvalue weighted by molar-refractivity contribution is 0.1000. The number of rotatable bonds is 5. The van der Waals surface area contributed by atoms with Crippen molar-refractivity contribution in [1.82, 2.24) is 4.57 Å². The van der Waals surface area contributed by atoms with E-state index in [0.717, 1.165) is 33.8 Å². The van der Waals surface area contributed by atoms with Crippen LogP contribution in [-0.4, -0.2) is 10.5 Å². The summed E-state index contributed by atoms with van der Waals surface area (Å²) in [6, 6.07) is 11.8. The van der Waals surface area contributed by atoms with E-state index in [1.165, 1.54) is 0 Å². The molecule has 0 radical (unpaired) electrons. The summed E-state index contributed by atoms with van der Waals surface area (Å²) in [5, 5.41) is 2.73. The quantitative estimate of drug-likeness (QED) is 0.693. The number of carbonyl (C=O) groups excluding carboxylic acids is 1. The average Bonchev–Trinajstić information content (AvgIpc) is 3.14. The molecule has 0 aliphatic carbocycles. The maximum Gasteiger partial charge on any atom is 0.251 e. The van der Waals surface area contributed by atoms with Gasteiger partial charge >= 0.3 is 0 Å². The summed E-state index contributed by atoms with van der Waals surface area (Å²) in [5.74, 6) is -0.379. The predicted octanol–water partition coefficient (Wildman–Crippen LogP) is 4.89. The number of amides is 1. The molecular weight excluding hydrogens is 340 g/mol. The van der Waals surface area contributed by atoms with Crippen molar-refractivity contribution in [2.75, 3.05) is 0 Å². The van der Waals surface area contributed by atoms with Crippen molar-refractivity contribution in [2.45, 2.75) is 26.8 Å². The van der Waals surface area contributed by atoms with Gasteiger partial charge in [-0.05, 0) is 42.5 Å². The minimum absolute atomic E-state index is 0.379. The highest BCUT2D eigenvalue weighted by Gasteiger charge is 2.24. The summed E-state index contributed by atoms with van der Waals surface area (Å²) in [7, 11) is 0. The van der Waals surface area contributed by atoms with E-state index in [-0.39, 0.29) is 5.91 Å². The highest BCUT2D eigenvalue weighted by atomic mass is 35.5. The Morgan fingerprint density at radius 3 is 2.67 bits per heavy atom. The lowest BCUT2D eigenvalue weighted by Crippen LogP contribution is -2.13. The molecular formula is C19H19ClN2OS. The molecule has 1 aromatic carbocycles. The largest absolute Gasteiger partial charge is 0.366 e. The second kappa shape index (κ2) is 6.83. The van der Waals surface area contributed by atoms with Gasteiger partial charge in [-0.15, -0.1) is 11.3 Å². The first-order chi connectivity index (χ1) is 11.5. The second-order valence-electron chi connectivity index (χ2n) is 5.69. The Morgan fingerprint density at radius 1 is 1.29 bits per heavy atom. The van der Waals surface area contributed by atoms with Crippen LogP contribution in [0.2, 0.25) is 5.02 Å². The van der Waals surface area contributed by atoms with Crippen molar-refractivity contribution < 1.29 is 4.79 Å². The molecule has 24 heavy (non-hydrogen) atoms. The van der Waals surface area contributed by atoms with Gasteiger partial charge in [-0.1, -0.05) is 36.7 Å². The Balaban J connectivity index is 2.19. The standard InChI is InChI=1S/C19H19ClN2OS/c1-3-15-18(16-8-5-9-24-16)17(19(21)23)12(2)22(15)11-13-6-4-7-14(20)10-13/h4-10H,3,11H2,1-2H3,(H2,21,23). The van der Waals surface area contributed by atoms with Crippen LogP contribution < -0.4 is 5.73 Å². The van der Waals surface area contributed by atoms with Gasteiger partial charge in [-0.3, -0.25) is 4.79 Å². The van der Waals surface area contributed by atoms with Gasteiger partial charge in [-0.25, -0.2) is 0 Å². The van der Waals surface area contributed by atoms with E-state index in [0.29, 0.717) is 17.1 Å². The summed E-state index contributed by atoms with van der Waals surface area (Å²) >= 11 is 7.74. The summed E-state index contributed by atoms with van der Waals surface area (Å²) in [5.41, 5.74) is 10.4. The molecule has 124 valence electrons. The molecule has 5 heteroatoms. The molecule has 0 spiro atoms. The van der Waals surface area contributed by atoms with Crippen molar-refractivity contribution in [1.29, 1.82) is 0 Å². The number of aromatic nitrogens is 1. The van der Waals surface area contributed by atoms with Gasteiger partial charge in [0, 0.05) is 33.4 Å². The normalized spacial score (nSPS) is 11.0. The van der Waals surface area contributed by atoms with Crippen LogP contribution in [0.3, 0.4) is 0 Å². The number of benzene rings is 1. The third-order valence-electron chi connectivity index (χ3n) is 4.21. The van der Waals surface area contributed by atoms with Crippen molar-refractivity contribution in [3.63, 3.8) is 0 Å². The van der Waals surface area contributed by atoms with E-state index < -0.39 is 0 Å². The number of hydrogen-bond acceptors (Lipinski definition) is 2. The number of thiophene rings is 1.